The Morgan fingerprint density at radius 3 is 2.75 bits per heavy atom. The minimum atomic E-state index is -0.0754. The molecule has 5 nitrogen and oxygen atoms in total. The molecule has 3 rings (SSSR count). The Kier molecular flexibility index (Phi) is 4.44. The number of aromatic amines is 1. The van der Waals surface area contributed by atoms with Crippen LogP contribution in [0.5, 0.6) is 0 Å². The van der Waals surface area contributed by atoms with Crippen LogP contribution in [0.2, 0.25) is 0 Å². The van der Waals surface area contributed by atoms with Gasteiger partial charge in [-0.25, -0.2) is 0 Å². The highest BCUT2D eigenvalue weighted by atomic mass is 16.3. The van der Waals surface area contributed by atoms with Crippen LogP contribution >= 0.6 is 0 Å². The summed E-state index contributed by atoms with van der Waals surface area (Å²) < 4.78 is 5.47. The Balaban J connectivity index is 1.76. The van der Waals surface area contributed by atoms with Gasteiger partial charge >= 0.3 is 0 Å². The average Bonchev–Trinajstić information content (AvgIpc) is 3.16. The molecular weight excluding hydrogens is 302 g/mol. The highest BCUT2D eigenvalue weighted by Crippen LogP contribution is 2.23. The van der Waals surface area contributed by atoms with Gasteiger partial charge < -0.3 is 14.7 Å². The Bertz CT molecular complexity index is 847. The van der Waals surface area contributed by atoms with Gasteiger partial charge in [-0.2, -0.15) is 0 Å². The summed E-state index contributed by atoms with van der Waals surface area (Å²) in [6.07, 6.45) is 1.65. The molecule has 5 heteroatoms. The first kappa shape index (κ1) is 16.3. The number of likely N-dealkylation sites (N-methyl/N-ethyl adjacent to an activating group) is 1. The van der Waals surface area contributed by atoms with Crippen molar-refractivity contribution in [2.45, 2.75) is 19.9 Å². The van der Waals surface area contributed by atoms with E-state index in [4.69, 9.17) is 4.42 Å². The largest absolute Gasteiger partial charge is 0.468 e. The molecule has 0 bridgehead atoms. The van der Waals surface area contributed by atoms with Gasteiger partial charge in [0.2, 0.25) is 0 Å². The summed E-state index contributed by atoms with van der Waals surface area (Å²) in [4.78, 5) is 17.9. The molecule has 24 heavy (non-hydrogen) atoms. The second kappa shape index (κ2) is 6.53. The molecule has 2 N–H and O–H groups in total. The molecule has 0 spiro atoms. The highest BCUT2D eigenvalue weighted by Gasteiger charge is 2.18. The Hall–Kier alpha value is -2.53. The van der Waals surface area contributed by atoms with Gasteiger partial charge in [0.15, 0.2) is 0 Å². The summed E-state index contributed by atoms with van der Waals surface area (Å²) in [5.41, 5.74) is 4.04. The fraction of sp³-hybridized carbons (Fsp3) is 0.316. The molecule has 0 saturated carbocycles. The number of aromatic nitrogens is 1. The number of hydrogen-bond acceptors (Lipinski definition) is 3. The molecule has 1 aromatic carbocycles. The van der Waals surface area contributed by atoms with E-state index in [0.717, 1.165) is 22.4 Å². The number of rotatable bonds is 5. The minimum Gasteiger partial charge on any atom is -0.468 e. The number of nitrogens with one attached hydrogen (secondary N) is 2. The Morgan fingerprint density at radius 2 is 2.08 bits per heavy atom. The number of carbonyl (C=O) groups excluding carboxylic acids is 1. The zero-order valence-electron chi connectivity index (χ0n) is 14.5. The third-order valence-electron chi connectivity index (χ3n) is 4.52. The molecule has 0 fully saturated rings. The Labute approximate surface area is 141 Å². The van der Waals surface area contributed by atoms with E-state index in [1.807, 2.05) is 56.3 Å². The molecule has 2 heterocycles. The molecule has 1 unspecified atom stereocenters. The first-order valence-corrected chi connectivity index (χ1v) is 8.04. The lowest BCUT2D eigenvalue weighted by Crippen LogP contribution is -2.34. The van der Waals surface area contributed by atoms with E-state index < -0.39 is 0 Å². The smallest absolute Gasteiger partial charge is 0.251 e. The van der Waals surface area contributed by atoms with E-state index in [9.17, 15) is 4.79 Å². The maximum Gasteiger partial charge on any atom is 0.251 e. The van der Waals surface area contributed by atoms with E-state index in [1.165, 1.54) is 5.56 Å². The molecule has 0 aliphatic rings. The van der Waals surface area contributed by atoms with Gasteiger partial charge in [-0.1, -0.05) is 0 Å². The van der Waals surface area contributed by atoms with E-state index in [2.05, 4.69) is 17.2 Å². The monoisotopic (exact) mass is 325 g/mol. The molecule has 0 radical (unpaired) electrons. The predicted molar refractivity (Wildman–Crippen MR) is 95.2 cm³/mol. The van der Waals surface area contributed by atoms with Crippen LogP contribution in [0.15, 0.2) is 41.0 Å². The lowest BCUT2D eigenvalue weighted by atomic mass is 10.1. The van der Waals surface area contributed by atoms with Crippen LogP contribution in [-0.2, 0) is 0 Å². The van der Waals surface area contributed by atoms with Crippen LogP contribution in [-0.4, -0.2) is 36.4 Å². The number of H-pyrrole nitrogens is 1. The van der Waals surface area contributed by atoms with Gasteiger partial charge in [-0.3, -0.25) is 9.69 Å². The van der Waals surface area contributed by atoms with E-state index in [-0.39, 0.29) is 11.9 Å². The fourth-order valence-electron chi connectivity index (χ4n) is 2.91. The number of hydrogen-bond donors (Lipinski definition) is 2. The molecule has 1 atom stereocenters. The first-order valence-electron chi connectivity index (χ1n) is 8.04. The number of nitrogens with zero attached hydrogens (tertiary/aromatic N) is 1. The topological polar surface area (TPSA) is 61.3 Å². The Morgan fingerprint density at radius 1 is 1.29 bits per heavy atom. The first-order chi connectivity index (χ1) is 11.5. The lowest BCUT2D eigenvalue weighted by molar-refractivity contribution is 0.0939. The van der Waals surface area contributed by atoms with Crippen molar-refractivity contribution >= 4 is 16.8 Å². The normalized spacial score (nSPS) is 12.7. The maximum absolute atomic E-state index is 12.5. The van der Waals surface area contributed by atoms with Crippen molar-refractivity contribution < 1.29 is 9.21 Å². The van der Waals surface area contributed by atoms with Gasteiger partial charge in [-0.05, 0) is 63.8 Å². The van der Waals surface area contributed by atoms with Crippen molar-refractivity contribution in [2.75, 3.05) is 20.6 Å². The second-order valence-electron chi connectivity index (χ2n) is 6.34. The lowest BCUT2D eigenvalue weighted by Gasteiger charge is -2.22. The van der Waals surface area contributed by atoms with E-state index in [0.29, 0.717) is 12.1 Å². The van der Waals surface area contributed by atoms with Gasteiger partial charge in [0.05, 0.1) is 12.3 Å². The van der Waals surface area contributed by atoms with Crippen molar-refractivity contribution in [1.82, 2.24) is 15.2 Å². The van der Waals surface area contributed by atoms with Crippen LogP contribution in [0.3, 0.4) is 0 Å². The summed E-state index contributed by atoms with van der Waals surface area (Å²) in [5, 5.41) is 4.10. The number of fused-ring (bicyclic) bond motifs is 1. The molecule has 0 aliphatic heterocycles. The molecule has 126 valence electrons. The number of benzene rings is 1. The third kappa shape index (κ3) is 3.08. The zero-order valence-corrected chi connectivity index (χ0v) is 14.5. The van der Waals surface area contributed by atoms with Crippen LogP contribution in [0.25, 0.3) is 10.9 Å². The molecule has 0 saturated heterocycles. The molecular formula is C19H23N3O2. The van der Waals surface area contributed by atoms with Crippen molar-refractivity contribution in [2.24, 2.45) is 0 Å². The quantitative estimate of drug-likeness (QED) is 0.756. The van der Waals surface area contributed by atoms with E-state index in [1.54, 1.807) is 6.26 Å². The summed E-state index contributed by atoms with van der Waals surface area (Å²) >= 11 is 0. The van der Waals surface area contributed by atoms with Crippen LogP contribution in [0.1, 0.15) is 33.4 Å². The van der Waals surface area contributed by atoms with E-state index >= 15 is 0 Å². The summed E-state index contributed by atoms with van der Waals surface area (Å²) in [6.45, 7) is 4.59. The van der Waals surface area contributed by atoms with Crippen LogP contribution in [0, 0.1) is 13.8 Å². The minimum absolute atomic E-state index is 0.00363. The number of furan rings is 1. The fourth-order valence-corrected chi connectivity index (χ4v) is 2.91. The van der Waals surface area contributed by atoms with Gasteiger partial charge in [0, 0.05) is 28.7 Å². The molecule has 1 amide bonds. The second-order valence-corrected chi connectivity index (χ2v) is 6.34. The van der Waals surface area contributed by atoms with Crippen LogP contribution < -0.4 is 5.32 Å². The maximum atomic E-state index is 12.5. The third-order valence-corrected chi connectivity index (χ3v) is 4.52. The molecule has 0 aliphatic carbocycles. The van der Waals surface area contributed by atoms with Gasteiger partial charge in [-0.15, -0.1) is 0 Å². The van der Waals surface area contributed by atoms with Crippen molar-refractivity contribution in [3.8, 4) is 0 Å². The number of aryl methyl sites for hydroxylation is 2. The average molecular weight is 325 g/mol. The van der Waals surface area contributed by atoms with Crippen molar-refractivity contribution in [3.63, 3.8) is 0 Å². The summed E-state index contributed by atoms with van der Waals surface area (Å²) in [6, 6.07) is 9.54. The molecule has 2 aromatic heterocycles. The van der Waals surface area contributed by atoms with Gasteiger partial charge in [0.25, 0.3) is 5.91 Å². The van der Waals surface area contributed by atoms with Gasteiger partial charge in [0.1, 0.15) is 5.76 Å². The zero-order chi connectivity index (χ0) is 17.3. The predicted octanol–water partition coefficient (Wildman–Crippen LogP) is 3.41. The standard InChI is InChI=1S/C19H23N3O2/c1-12-13(2)21-16-8-7-14(10-15(12)16)19(23)20-11-17(22(3)4)18-6-5-9-24-18/h5-10,17,21H,11H2,1-4H3,(H,20,23). The summed E-state index contributed by atoms with van der Waals surface area (Å²) in [7, 11) is 3.94. The van der Waals surface area contributed by atoms with Crippen LogP contribution in [0.4, 0.5) is 0 Å². The highest BCUT2D eigenvalue weighted by molar-refractivity contribution is 5.99. The number of carbonyl (C=O) groups is 1. The SMILES string of the molecule is Cc1[nH]c2ccc(C(=O)NCC(c3ccco3)N(C)C)cc2c1C. The summed E-state index contributed by atoms with van der Waals surface area (Å²) in [5.74, 6) is 0.765. The molecule has 3 aromatic rings. The number of amides is 1. The van der Waals surface area contributed by atoms with Crippen molar-refractivity contribution in [3.05, 3.63) is 59.2 Å². The van der Waals surface area contributed by atoms with Crippen molar-refractivity contribution in [1.29, 1.82) is 0 Å².